The molecule has 0 saturated carbocycles. The van der Waals surface area contributed by atoms with Crippen molar-refractivity contribution in [2.45, 2.75) is 64.8 Å². The van der Waals surface area contributed by atoms with Gasteiger partial charge in [0.2, 0.25) is 11.8 Å². The summed E-state index contributed by atoms with van der Waals surface area (Å²) < 4.78 is 5.25. The average Bonchev–Trinajstić information content (AvgIpc) is 2.62. The van der Waals surface area contributed by atoms with Gasteiger partial charge >= 0.3 is 0 Å². The number of rotatable bonds is 6. The van der Waals surface area contributed by atoms with E-state index in [0.717, 1.165) is 12.8 Å². The lowest BCUT2D eigenvalue weighted by molar-refractivity contribution is -0.120. The fourth-order valence-electron chi connectivity index (χ4n) is 1.88. The minimum Gasteiger partial charge on any atom is -0.344 e. The van der Waals surface area contributed by atoms with Crippen LogP contribution >= 0.6 is 0 Å². The van der Waals surface area contributed by atoms with Crippen molar-refractivity contribution in [1.29, 1.82) is 0 Å². The van der Waals surface area contributed by atoms with E-state index in [9.17, 15) is 4.79 Å². The van der Waals surface area contributed by atoms with Crippen molar-refractivity contribution >= 4 is 14.0 Å². The number of carbonyl (C=O) groups excluding carboxylic acids is 1. The Bertz CT molecular complexity index is 435. The molecule has 0 aliphatic heterocycles. The van der Waals surface area contributed by atoms with Gasteiger partial charge in [0.1, 0.15) is 0 Å². The highest BCUT2D eigenvalue weighted by Gasteiger charge is 2.27. The topological polar surface area (TPSA) is 68.0 Å². The maximum atomic E-state index is 11.1. The molecule has 0 atom stereocenters. The number of nitrogens with zero attached hydrogens (tertiary/aromatic N) is 2. The Balaban J connectivity index is 2.59. The molecule has 0 fully saturated rings. The zero-order chi connectivity index (χ0) is 14.7. The highest BCUT2D eigenvalue weighted by Crippen LogP contribution is 2.18. The van der Waals surface area contributed by atoms with Gasteiger partial charge in [0.25, 0.3) is 0 Å². The number of amides is 1. The molecule has 6 heteroatoms. The lowest BCUT2D eigenvalue weighted by atomic mass is 10.1. The first kappa shape index (κ1) is 15.9. The molecule has 0 bridgehead atoms. The molecular weight excluding hydrogens is 258 g/mol. The predicted molar refractivity (Wildman–Crippen MR) is 77.6 cm³/mol. The molecule has 108 valence electrons. The van der Waals surface area contributed by atoms with Crippen LogP contribution in [0.25, 0.3) is 0 Å². The SMILES string of the molecule is CC(=O)NC(C)(C)c1noc(CCC[Si](C)(C)C)n1. The predicted octanol–water partition coefficient (Wildman–Crippen LogP) is 2.71. The van der Waals surface area contributed by atoms with Gasteiger partial charge in [0.05, 0.1) is 5.54 Å². The third-order valence-electron chi connectivity index (χ3n) is 2.83. The van der Waals surface area contributed by atoms with Crippen molar-refractivity contribution in [3.63, 3.8) is 0 Å². The molecule has 0 aliphatic carbocycles. The van der Waals surface area contributed by atoms with E-state index in [1.807, 2.05) is 13.8 Å². The van der Waals surface area contributed by atoms with Crippen LogP contribution in [0.5, 0.6) is 0 Å². The van der Waals surface area contributed by atoms with Gasteiger partial charge < -0.3 is 9.84 Å². The summed E-state index contributed by atoms with van der Waals surface area (Å²) in [6, 6.07) is 1.25. The molecule has 1 heterocycles. The Kier molecular flexibility index (Phi) is 4.90. The highest BCUT2D eigenvalue weighted by molar-refractivity contribution is 6.76. The second-order valence-corrected chi connectivity index (χ2v) is 12.4. The van der Waals surface area contributed by atoms with E-state index in [2.05, 4.69) is 35.1 Å². The summed E-state index contributed by atoms with van der Waals surface area (Å²) >= 11 is 0. The van der Waals surface area contributed by atoms with Gasteiger partial charge in [0, 0.05) is 21.4 Å². The van der Waals surface area contributed by atoms with Crippen LogP contribution in [0.15, 0.2) is 4.52 Å². The molecule has 5 nitrogen and oxygen atoms in total. The van der Waals surface area contributed by atoms with Crippen molar-refractivity contribution in [2.75, 3.05) is 0 Å². The van der Waals surface area contributed by atoms with Crippen molar-refractivity contribution in [2.24, 2.45) is 0 Å². The zero-order valence-corrected chi connectivity index (χ0v) is 13.8. The molecule has 0 radical (unpaired) electrons. The van der Waals surface area contributed by atoms with Gasteiger partial charge in [-0.2, -0.15) is 4.98 Å². The smallest absolute Gasteiger partial charge is 0.226 e. The van der Waals surface area contributed by atoms with Gasteiger partial charge in [0.15, 0.2) is 5.82 Å². The van der Waals surface area contributed by atoms with Crippen molar-refractivity contribution < 1.29 is 9.32 Å². The molecule has 1 rings (SSSR count). The van der Waals surface area contributed by atoms with E-state index < -0.39 is 13.6 Å². The maximum Gasteiger partial charge on any atom is 0.226 e. The Morgan fingerprint density at radius 3 is 2.53 bits per heavy atom. The fraction of sp³-hybridized carbons (Fsp3) is 0.769. The van der Waals surface area contributed by atoms with Gasteiger partial charge in [-0.05, 0) is 20.3 Å². The van der Waals surface area contributed by atoms with E-state index in [1.54, 1.807) is 0 Å². The number of carbonyl (C=O) groups is 1. The van der Waals surface area contributed by atoms with E-state index in [-0.39, 0.29) is 5.91 Å². The molecule has 1 aromatic heterocycles. The minimum absolute atomic E-state index is 0.102. The van der Waals surface area contributed by atoms with E-state index in [0.29, 0.717) is 11.7 Å². The first-order valence-electron chi connectivity index (χ1n) is 6.72. The lowest BCUT2D eigenvalue weighted by Gasteiger charge is -2.20. The van der Waals surface area contributed by atoms with Crippen LogP contribution in [0, 0.1) is 0 Å². The third-order valence-corrected chi connectivity index (χ3v) is 4.69. The Morgan fingerprint density at radius 1 is 1.37 bits per heavy atom. The fourth-order valence-corrected chi connectivity index (χ4v) is 3.11. The number of aromatic nitrogens is 2. The molecule has 1 amide bonds. The van der Waals surface area contributed by atoms with Crippen molar-refractivity contribution in [3.05, 3.63) is 11.7 Å². The van der Waals surface area contributed by atoms with E-state index >= 15 is 0 Å². The summed E-state index contributed by atoms with van der Waals surface area (Å²) in [5.74, 6) is 1.09. The number of nitrogens with one attached hydrogen (secondary N) is 1. The van der Waals surface area contributed by atoms with Crippen LogP contribution in [-0.2, 0) is 16.8 Å². The Hall–Kier alpha value is -1.17. The Labute approximate surface area is 116 Å². The normalized spacial score (nSPS) is 12.5. The molecule has 1 N–H and O–H groups in total. The van der Waals surface area contributed by atoms with E-state index in [4.69, 9.17) is 4.52 Å². The summed E-state index contributed by atoms with van der Waals surface area (Å²) in [5.41, 5.74) is -0.591. The Morgan fingerprint density at radius 2 is 2.00 bits per heavy atom. The summed E-state index contributed by atoms with van der Waals surface area (Å²) in [4.78, 5) is 15.5. The van der Waals surface area contributed by atoms with Crippen LogP contribution in [-0.4, -0.2) is 24.1 Å². The van der Waals surface area contributed by atoms with Gasteiger partial charge in [-0.1, -0.05) is 30.8 Å². The monoisotopic (exact) mass is 283 g/mol. The second-order valence-electron chi connectivity index (χ2n) is 6.73. The molecule has 0 saturated heterocycles. The number of hydrogen-bond donors (Lipinski definition) is 1. The van der Waals surface area contributed by atoms with Gasteiger partial charge in [-0.15, -0.1) is 0 Å². The third kappa shape index (κ3) is 5.55. The zero-order valence-electron chi connectivity index (χ0n) is 12.8. The summed E-state index contributed by atoms with van der Waals surface area (Å²) in [7, 11) is -1.01. The maximum absolute atomic E-state index is 11.1. The van der Waals surface area contributed by atoms with Crippen LogP contribution in [0.2, 0.25) is 25.7 Å². The molecule has 19 heavy (non-hydrogen) atoms. The van der Waals surface area contributed by atoms with Crippen LogP contribution in [0.1, 0.15) is 38.9 Å². The lowest BCUT2D eigenvalue weighted by Crippen LogP contribution is -2.40. The van der Waals surface area contributed by atoms with Crippen molar-refractivity contribution in [3.8, 4) is 0 Å². The van der Waals surface area contributed by atoms with Crippen LogP contribution < -0.4 is 5.32 Å². The summed E-state index contributed by atoms with van der Waals surface area (Å²) in [6.45, 7) is 12.3. The largest absolute Gasteiger partial charge is 0.344 e. The molecule has 0 unspecified atom stereocenters. The van der Waals surface area contributed by atoms with Crippen LogP contribution in [0.3, 0.4) is 0 Å². The molecule has 0 aromatic carbocycles. The summed E-state index contributed by atoms with van der Waals surface area (Å²) in [5, 5.41) is 6.78. The van der Waals surface area contributed by atoms with E-state index in [1.165, 1.54) is 13.0 Å². The second kappa shape index (κ2) is 5.86. The molecule has 0 spiro atoms. The quantitative estimate of drug-likeness (QED) is 0.815. The molecule has 1 aromatic rings. The molecular formula is C13H25N3O2Si. The highest BCUT2D eigenvalue weighted by atomic mass is 28.3. The van der Waals surface area contributed by atoms with Crippen LogP contribution in [0.4, 0.5) is 0 Å². The first-order chi connectivity index (χ1) is 8.60. The standard InChI is InChI=1S/C13H25N3O2Si/c1-10(17)15-13(2,3)12-14-11(18-16-12)8-7-9-19(4,5)6/h7-9H2,1-6H3,(H,15,17). The molecule has 0 aliphatic rings. The van der Waals surface area contributed by atoms with Crippen molar-refractivity contribution in [1.82, 2.24) is 15.5 Å². The van der Waals surface area contributed by atoms with Gasteiger partial charge in [-0.25, -0.2) is 0 Å². The number of hydrogen-bond acceptors (Lipinski definition) is 4. The minimum atomic E-state index is -1.01. The van der Waals surface area contributed by atoms with Gasteiger partial charge in [-0.3, -0.25) is 4.79 Å². The first-order valence-corrected chi connectivity index (χ1v) is 10.4. The number of aryl methyl sites for hydroxylation is 1. The summed E-state index contributed by atoms with van der Waals surface area (Å²) in [6.07, 6.45) is 1.89. The average molecular weight is 283 g/mol.